The maximum Gasteiger partial charge on any atom is 0.0833 e. The van der Waals surface area contributed by atoms with Crippen LogP contribution in [0.25, 0.3) is 0 Å². The summed E-state index contributed by atoms with van der Waals surface area (Å²) in [5.74, 6) is 0. The molecule has 2 rings (SSSR count). The molecular formula is C19H24O. The molecule has 0 saturated carbocycles. The largest absolute Gasteiger partial charge is 0.388 e. The van der Waals surface area contributed by atoms with Gasteiger partial charge in [0.1, 0.15) is 0 Å². The number of hydrogen-bond acceptors (Lipinski definition) is 1. The summed E-state index contributed by atoms with van der Waals surface area (Å²) >= 11 is 0. The summed E-state index contributed by atoms with van der Waals surface area (Å²) in [6.45, 7) is 8.66. The molecule has 0 spiro atoms. The van der Waals surface area contributed by atoms with Crippen LogP contribution < -0.4 is 0 Å². The van der Waals surface area contributed by atoms with E-state index in [1.165, 1.54) is 16.7 Å². The van der Waals surface area contributed by atoms with Crippen molar-refractivity contribution in [3.63, 3.8) is 0 Å². The summed E-state index contributed by atoms with van der Waals surface area (Å²) in [4.78, 5) is 0. The van der Waals surface area contributed by atoms with Gasteiger partial charge in [-0.3, -0.25) is 0 Å². The standard InChI is InChI=1S/C19H24O/c1-14-9-5-6-10-15(14)13-18(20)16-11-7-8-12-17(16)19(2,3)4/h5-12,18,20H,13H2,1-4H3. The van der Waals surface area contributed by atoms with E-state index in [0.717, 1.165) is 5.56 Å². The molecule has 0 aliphatic rings. The molecule has 2 aromatic carbocycles. The zero-order chi connectivity index (χ0) is 14.8. The molecule has 0 aromatic heterocycles. The van der Waals surface area contributed by atoms with Gasteiger partial charge in [0.2, 0.25) is 0 Å². The van der Waals surface area contributed by atoms with Gasteiger partial charge < -0.3 is 5.11 Å². The van der Waals surface area contributed by atoms with Gasteiger partial charge in [-0.2, -0.15) is 0 Å². The number of aliphatic hydroxyl groups excluding tert-OH is 1. The predicted octanol–water partition coefficient (Wildman–Crippen LogP) is 4.57. The molecule has 2 aromatic rings. The first-order chi connectivity index (χ1) is 9.39. The first-order valence-corrected chi connectivity index (χ1v) is 7.21. The quantitative estimate of drug-likeness (QED) is 0.864. The Morgan fingerprint density at radius 1 is 0.950 bits per heavy atom. The van der Waals surface area contributed by atoms with Crippen LogP contribution in [0.2, 0.25) is 0 Å². The molecule has 0 heterocycles. The van der Waals surface area contributed by atoms with Crippen LogP contribution in [0.3, 0.4) is 0 Å². The smallest absolute Gasteiger partial charge is 0.0833 e. The Labute approximate surface area is 122 Å². The van der Waals surface area contributed by atoms with E-state index in [4.69, 9.17) is 0 Å². The van der Waals surface area contributed by atoms with Gasteiger partial charge in [0.05, 0.1) is 6.10 Å². The molecular weight excluding hydrogens is 244 g/mol. The molecule has 1 nitrogen and oxygen atoms in total. The van der Waals surface area contributed by atoms with Gasteiger partial charge in [-0.1, -0.05) is 69.3 Å². The summed E-state index contributed by atoms with van der Waals surface area (Å²) in [5.41, 5.74) is 4.76. The van der Waals surface area contributed by atoms with Gasteiger partial charge in [0.15, 0.2) is 0 Å². The van der Waals surface area contributed by atoms with E-state index in [9.17, 15) is 5.11 Å². The lowest BCUT2D eigenvalue weighted by Crippen LogP contribution is -2.17. The van der Waals surface area contributed by atoms with Crippen molar-refractivity contribution >= 4 is 0 Å². The fourth-order valence-electron chi connectivity index (χ4n) is 2.63. The Hall–Kier alpha value is -1.60. The molecule has 0 fully saturated rings. The van der Waals surface area contributed by atoms with Crippen molar-refractivity contribution in [2.75, 3.05) is 0 Å². The third-order valence-corrected chi connectivity index (χ3v) is 3.80. The Morgan fingerprint density at radius 2 is 1.55 bits per heavy atom. The number of aryl methyl sites for hydroxylation is 1. The van der Waals surface area contributed by atoms with Gasteiger partial charge in [-0.05, 0) is 34.6 Å². The van der Waals surface area contributed by atoms with E-state index in [0.29, 0.717) is 6.42 Å². The van der Waals surface area contributed by atoms with Crippen LogP contribution in [0.15, 0.2) is 48.5 Å². The molecule has 0 aliphatic heterocycles. The zero-order valence-electron chi connectivity index (χ0n) is 12.9. The van der Waals surface area contributed by atoms with Gasteiger partial charge in [-0.15, -0.1) is 0 Å². The second kappa shape index (κ2) is 5.80. The number of benzene rings is 2. The first kappa shape index (κ1) is 14.8. The van der Waals surface area contributed by atoms with E-state index >= 15 is 0 Å². The van der Waals surface area contributed by atoms with E-state index < -0.39 is 6.10 Å². The van der Waals surface area contributed by atoms with E-state index in [-0.39, 0.29) is 5.41 Å². The molecule has 1 unspecified atom stereocenters. The molecule has 0 bridgehead atoms. The van der Waals surface area contributed by atoms with Crippen LogP contribution in [0.5, 0.6) is 0 Å². The van der Waals surface area contributed by atoms with Gasteiger partial charge in [0, 0.05) is 6.42 Å². The highest BCUT2D eigenvalue weighted by atomic mass is 16.3. The van der Waals surface area contributed by atoms with Crippen molar-refractivity contribution in [2.24, 2.45) is 0 Å². The highest BCUT2D eigenvalue weighted by Gasteiger charge is 2.21. The van der Waals surface area contributed by atoms with Crippen LogP contribution in [0.1, 0.15) is 49.1 Å². The molecule has 1 heteroatoms. The minimum absolute atomic E-state index is 0.0449. The average molecular weight is 268 g/mol. The number of hydrogen-bond donors (Lipinski definition) is 1. The number of aliphatic hydroxyl groups is 1. The second-order valence-electron chi connectivity index (χ2n) is 6.48. The van der Waals surface area contributed by atoms with Crippen molar-refractivity contribution in [1.29, 1.82) is 0 Å². The third-order valence-electron chi connectivity index (χ3n) is 3.80. The highest BCUT2D eigenvalue weighted by molar-refractivity contribution is 5.36. The lowest BCUT2D eigenvalue weighted by atomic mass is 9.81. The van der Waals surface area contributed by atoms with Gasteiger partial charge in [0.25, 0.3) is 0 Å². The maximum absolute atomic E-state index is 10.6. The third kappa shape index (κ3) is 3.29. The summed E-state index contributed by atoms with van der Waals surface area (Å²) in [6.07, 6.45) is 0.214. The molecule has 0 radical (unpaired) electrons. The van der Waals surface area contributed by atoms with Crippen LogP contribution in [-0.2, 0) is 11.8 Å². The fourth-order valence-corrected chi connectivity index (χ4v) is 2.63. The van der Waals surface area contributed by atoms with Crippen molar-refractivity contribution in [1.82, 2.24) is 0 Å². The lowest BCUT2D eigenvalue weighted by Gasteiger charge is -2.25. The zero-order valence-corrected chi connectivity index (χ0v) is 12.9. The summed E-state index contributed by atoms with van der Waals surface area (Å²) in [7, 11) is 0. The van der Waals surface area contributed by atoms with Crippen LogP contribution >= 0.6 is 0 Å². The second-order valence-corrected chi connectivity index (χ2v) is 6.48. The number of rotatable bonds is 3. The topological polar surface area (TPSA) is 20.2 Å². The van der Waals surface area contributed by atoms with Crippen molar-refractivity contribution in [3.8, 4) is 0 Å². The molecule has 0 saturated heterocycles. The molecule has 106 valence electrons. The minimum Gasteiger partial charge on any atom is -0.388 e. The Bertz CT molecular complexity index is 578. The monoisotopic (exact) mass is 268 g/mol. The van der Waals surface area contributed by atoms with Crippen molar-refractivity contribution in [2.45, 2.75) is 45.6 Å². The van der Waals surface area contributed by atoms with E-state index in [1.807, 2.05) is 30.3 Å². The van der Waals surface area contributed by atoms with Crippen LogP contribution in [0, 0.1) is 6.92 Å². The molecule has 20 heavy (non-hydrogen) atoms. The Kier molecular flexibility index (Phi) is 4.29. The minimum atomic E-state index is -0.452. The Balaban J connectivity index is 2.31. The Morgan fingerprint density at radius 3 is 2.20 bits per heavy atom. The SMILES string of the molecule is Cc1ccccc1CC(O)c1ccccc1C(C)(C)C. The van der Waals surface area contributed by atoms with Crippen LogP contribution in [-0.4, -0.2) is 5.11 Å². The summed E-state index contributed by atoms with van der Waals surface area (Å²) < 4.78 is 0. The summed E-state index contributed by atoms with van der Waals surface area (Å²) in [6, 6.07) is 16.5. The predicted molar refractivity (Wildman–Crippen MR) is 85.0 cm³/mol. The average Bonchev–Trinajstić information content (AvgIpc) is 2.40. The molecule has 1 atom stereocenters. The molecule has 0 amide bonds. The highest BCUT2D eigenvalue weighted by Crippen LogP contribution is 2.31. The maximum atomic E-state index is 10.6. The fraction of sp³-hybridized carbons (Fsp3) is 0.368. The van der Waals surface area contributed by atoms with Crippen molar-refractivity contribution in [3.05, 3.63) is 70.8 Å². The van der Waals surface area contributed by atoms with Gasteiger partial charge >= 0.3 is 0 Å². The molecule has 1 N–H and O–H groups in total. The first-order valence-electron chi connectivity index (χ1n) is 7.21. The van der Waals surface area contributed by atoms with E-state index in [2.05, 4.69) is 45.9 Å². The lowest BCUT2D eigenvalue weighted by molar-refractivity contribution is 0.176. The summed E-state index contributed by atoms with van der Waals surface area (Å²) in [5, 5.41) is 10.6. The molecule has 0 aliphatic carbocycles. The van der Waals surface area contributed by atoms with E-state index in [1.54, 1.807) is 0 Å². The van der Waals surface area contributed by atoms with Crippen LogP contribution in [0.4, 0.5) is 0 Å². The van der Waals surface area contributed by atoms with Crippen molar-refractivity contribution < 1.29 is 5.11 Å². The normalized spacial score (nSPS) is 13.2. The van der Waals surface area contributed by atoms with Gasteiger partial charge in [-0.25, -0.2) is 0 Å².